The predicted octanol–water partition coefficient (Wildman–Crippen LogP) is 4.96. The molecule has 1 aromatic heterocycles. The highest BCUT2D eigenvalue weighted by Gasteiger charge is 2.05. The minimum atomic E-state index is 0.584. The van der Waals surface area contributed by atoms with Crippen molar-refractivity contribution in [2.24, 2.45) is 0 Å². The van der Waals surface area contributed by atoms with Gasteiger partial charge < -0.3 is 4.98 Å². The monoisotopic (exact) mass is 235 g/mol. The summed E-state index contributed by atoms with van der Waals surface area (Å²) in [7, 11) is 0. The number of H-pyrrole nitrogens is 1. The van der Waals surface area contributed by atoms with Gasteiger partial charge in [-0.05, 0) is 28.5 Å². The number of hydrogen-bond donors (Lipinski definition) is 1. The molecule has 0 bridgehead atoms. The minimum Gasteiger partial charge on any atom is -0.361 e. The van der Waals surface area contributed by atoms with Gasteiger partial charge in [0.05, 0.1) is 5.52 Å². The third-order valence-corrected chi connectivity index (χ3v) is 3.48. The first-order chi connectivity index (χ1) is 8.75. The average molecular weight is 235 g/mol. The van der Waals surface area contributed by atoms with Gasteiger partial charge in [-0.1, -0.05) is 56.3 Å². The minimum absolute atomic E-state index is 0.584. The summed E-state index contributed by atoms with van der Waals surface area (Å²) in [5, 5.41) is 1.26. The number of para-hydroxylation sites is 1. The Morgan fingerprint density at radius 1 is 0.889 bits per heavy atom. The molecule has 2 aromatic carbocycles. The van der Waals surface area contributed by atoms with E-state index in [0.29, 0.717) is 5.92 Å². The Labute approximate surface area is 107 Å². The van der Waals surface area contributed by atoms with Crippen LogP contribution in [0.3, 0.4) is 0 Å². The van der Waals surface area contributed by atoms with Crippen LogP contribution in [-0.4, -0.2) is 4.98 Å². The van der Waals surface area contributed by atoms with Gasteiger partial charge in [-0.15, -0.1) is 0 Å². The highest BCUT2D eigenvalue weighted by Crippen LogP contribution is 2.28. The second-order valence-electron chi connectivity index (χ2n) is 5.02. The van der Waals surface area contributed by atoms with Crippen molar-refractivity contribution in [2.75, 3.05) is 0 Å². The van der Waals surface area contributed by atoms with Crippen LogP contribution in [0.2, 0.25) is 0 Å². The third kappa shape index (κ3) is 1.82. The van der Waals surface area contributed by atoms with Gasteiger partial charge in [0.1, 0.15) is 0 Å². The third-order valence-electron chi connectivity index (χ3n) is 3.48. The molecule has 1 N–H and O–H groups in total. The predicted molar refractivity (Wildman–Crippen MR) is 77.8 cm³/mol. The fourth-order valence-corrected chi connectivity index (χ4v) is 2.37. The van der Waals surface area contributed by atoms with E-state index in [-0.39, 0.29) is 0 Å². The van der Waals surface area contributed by atoms with Crippen LogP contribution in [0.5, 0.6) is 0 Å². The van der Waals surface area contributed by atoms with Crippen LogP contribution < -0.4 is 0 Å². The number of benzene rings is 2. The standard InChI is InChI=1S/C17H17N/c1-12(2)13-6-8-14(9-7-13)16-5-3-4-15-10-11-18-17(15)16/h3-12,18H,1-2H3. The molecule has 0 fully saturated rings. The van der Waals surface area contributed by atoms with Crippen LogP contribution in [0.25, 0.3) is 22.0 Å². The lowest BCUT2D eigenvalue weighted by Crippen LogP contribution is -1.87. The fourth-order valence-electron chi connectivity index (χ4n) is 2.37. The SMILES string of the molecule is CC(C)c1ccc(-c2cccc3cc[nH]c23)cc1. The first-order valence-electron chi connectivity index (χ1n) is 6.42. The normalized spacial score (nSPS) is 11.3. The van der Waals surface area contributed by atoms with Crippen LogP contribution in [0.1, 0.15) is 25.3 Å². The average Bonchev–Trinajstić information content (AvgIpc) is 2.87. The largest absolute Gasteiger partial charge is 0.361 e. The highest BCUT2D eigenvalue weighted by molar-refractivity contribution is 5.94. The highest BCUT2D eigenvalue weighted by atomic mass is 14.7. The molecule has 0 spiro atoms. The van der Waals surface area contributed by atoms with E-state index in [1.54, 1.807) is 0 Å². The van der Waals surface area contributed by atoms with Gasteiger partial charge >= 0.3 is 0 Å². The Kier molecular flexibility index (Phi) is 2.67. The molecule has 3 aromatic rings. The molecule has 0 saturated heterocycles. The molecule has 0 radical (unpaired) electrons. The van der Waals surface area contributed by atoms with Crippen LogP contribution in [-0.2, 0) is 0 Å². The summed E-state index contributed by atoms with van der Waals surface area (Å²) >= 11 is 0. The van der Waals surface area contributed by atoms with Gasteiger partial charge in [-0.25, -0.2) is 0 Å². The molecule has 0 aliphatic carbocycles. The summed E-state index contributed by atoms with van der Waals surface area (Å²) in [6.07, 6.45) is 2.00. The van der Waals surface area contributed by atoms with Crippen molar-refractivity contribution in [3.63, 3.8) is 0 Å². The first-order valence-corrected chi connectivity index (χ1v) is 6.42. The summed E-state index contributed by atoms with van der Waals surface area (Å²) in [6, 6.07) is 17.4. The molecule has 0 atom stereocenters. The van der Waals surface area contributed by atoms with Crippen molar-refractivity contribution in [3.05, 3.63) is 60.3 Å². The molecule has 0 aliphatic heterocycles. The molecular weight excluding hydrogens is 218 g/mol. The topological polar surface area (TPSA) is 15.8 Å². The molecule has 0 aliphatic rings. The van der Waals surface area contributed by atoms with Crippen LogP contribution >= 0.6 is 0 Å². The number of nitrogens with one attached hydrogen (secondary N) is 1. The van der Waals surface area contributed by atoms with Crippen LogP contribution in [0.15, 0.2) is 54.7 Å². The maximum absolute atomic E-state index is 3.32. The van der Waals surface area contributed by atoms with E-state index in [1.807, 2.05) is 6.20 Å². The van der Waals surface area contributed by atoms with Crippen LogP contribution in [0.4, 0.5) is 0 Å². The van der Waals surface area contributed by atoms with Gasteiger partial charge in [0.25, 0.3) is 0 Å². The smallest absolute Gasteiger partial charge is 0.0533 e. The Balaban J connectivity index is 2.11. The van der Waals surface area contributed by atoms with E-state index in [1.165, 1.54) is 27.6 Å². The molecule has 3 rings (SSSR count). The number of aromatic nitrogens is 1. The van der Waals surface area contributed by atoms with E-state index >= 15 is 0 Å². The first kappa shape index (κ1) is 11.1. The second kappa shape index (κ2) is 4.34. The van der Waals surface area contributed by atoms with E-state index in [0.717, 1.165) is 0 Å². The van der Waals surface area contributed by atoms with E-state index in [2.05, 4.69) is 67.4 Å². The zero-order valence-corrected chi connectivity index (χ0v) is 10.8. The number of hydrogen-bond acceptors (Lipinski definition) is 0. The Morgan fingerprint density at radius 2 is 1.67 bits per heavy atom. The lowest BCUT2D eigenvalue weighted by molar-refractivity contribution is 0.867. The van der Waals surface area contributed by atoms with E-state index < -0.39 is 0 Å². The molecule has 90 valence electrons. The maximum Gasteiger partial charge on any atom is 0.0533 e. The molecule has 1 heterocycles. The summed E-state index contributed by atoms with van der Waals surface area (Å²) in [5.41, 5.74) is 5.15. The lowest BCUT2D eigenvalue weighted by atomic mass is 9.98. The van der Waals surface area contributed by atoms with Crippen LogP contribution in [0, 0.1) is 0 Å². The Bertz CT molecular complexity index is 659. The number of rotatable bonds is 2. The molecule has 0 saturated carbocycles. The van der Waals surface area contributed by atoms with Gasteiger partial charge in [0.2, 0.25) is 0 Å². The summed E-state index contributed by atoms with van der Waals surface area (Å²) in [6.45, 7) is 4.45. The van der Waals surface area contributed by atoms with Crippen molar-refractivity contribution < 1.29 is 0 Å². The molecule has 1 nitrogen and oxygen atoms in total. The van der Waals surface area contributed by atoms with E-state index in [9.17, 15) is 0 Å². The van der Waals surface area contributed by atoms with Crippen molar-refractivity contribution in [1.82, 2.24) is 4.98 Å². The molecule has 1 heteroatoms. The maximum atomic E-state index is 3.32. The van der Waals surface area contributed by atoms with Crippen molar-refractivity contribution in [3.8, 4) is 11.1 Å². The van der Waals surface area contributed by atoms with E-state index in [4.69, 9.17) is 0 Å². The Hall–Kier alpha value is -2.02. The Morgan fingerprint density at radius 3 is 2.39 bits per heavy atom. The second-order valence-corrected chi connectivity index (χ2v) is 5.02. The van der Waals surface area contributed by atoms with Gasteiger partial charge in [-0.2, -0.15) is 0 Å². The summed E-state index contributed by atoms with van der Waals surface area (Å²) in [4.78, 5) is 3.32. The fraction of sp³-hybridized carbons (Fsp3) is 0.176. The molecule has 18 heavy (non-hydrogen) atoms. The van der Waals surface area contributed by atoms with Crippen molar-refractivity contribution in [2.45, 2.75) is 19.8 Å². The van der Waals surface area contributed by atoms with Gasteiger partial charge in [0.15, 0.2) is 0 Å². The quantitative estimate of drug-likeness (QED) is 0.646. The molecule has 0 amide bonds. The number of fused-ring (bicyclic) bond motifs is 1. The van der Waals surface area contributed by atoms with Gasteiger partial charge in [0, 0.05) is 11.8 Å². The van der Waals surface area contributed by atoms with Crippen molar-refractivity contribution in [1.29, 1.82) is 0 Å². The number of aromatic amines is 1. The lowest BCUT2D eigenvalue weighted by Gasteiger charge is -2.08. The van der Waals surface area contributed by atoms with Crippen molar-refractivity contribution >= 4 is 10.9 Å². The zero-order chi connectivity index (χ0) is 12.5. The summed E-state index contributed by atoms with van der Waals surface area (Å²) in [5.74, 6) is 0.584. The molecule has 0 unspecified atom stereocenters. The summed E-state index contributed by atoms with van der Waals surface area (Å²) < 4.78 is 0. The van der Waals surface area contributed by atoms with Gasteiger partial charge in [-0.3, -0.25) is 0 Å². The zero-order valence-electron chi connectivity index (χ0n) is 10.8. The molecular formula is C17H17N.